The minimum Gasteiger partial charge on any atom is -0.355 e. The van der Waals surface area contributed by atoms with Crippen molar-refractivity contribution in [3.05, 3.63) is 42.2 Å². The minimum atomic E-state index is 0.0315. The Balaban J connectivity index is 2.02. The molecular formula is C16H19N3OS2. The highest BCUT2D eigenvalue weighted by Crippen LogP contribution is 2.32. The molecule has 2 aromatic rings. The molecular weight excluding hydrogens is 314 g/mol. The van der Waals surface area contributed by atoms with Crippen LogP contribution in [-0.2, 0) is 4.79 Å². The maximum atomic E-state index is 11.7. The van der Waals surface area contributed by atoms with Crippen LogP contribution in [0, 0.1) is 6.92 Å². The number of nitrogens with one attached hydrogen (secondary N) is 1. The molecule has 1 aromatic carbocycles. The van der Waals surface area contributed by atoms with Gasteiger partial charge < -0.3 is 5.32 Å². The van der Waals surface area contributed by atoms with E-state index in [-0.39, 0.29) is 5.91 Å². The summed E-state index contributed by atoms with van der Waals surface area (Å²) in [5.41, 5.74) is 1.21. The molecule has 0 aliphatic rings. The Kier molecular flexibility index (Phi) is 6.74. The van der Waals surface area contributed by atoms with Crippen molar-refractivity contribution in [2.24, 2.45) is 0 Å². The fraction of sp³-hybridized carbons (Fsp3) is 0.312. The molecule has 0 saturated heterocycles. The van der Waals surface area contributed by atoms with Gasteiger partial charge in [-0.15, -0.1) is 0 Å². The van der Waals surface area contributed by atoms with Crippen molar-refractivity contribution < 1.29 is 4.79 Å². The summed E-state index contributed by atoms with van der Waals surface area (Å²) in [5, 5.41) is 4.49. The summed E-state index contributed by atoms with van der Waals surface area (Å²) in [5.74, 6) is 0.393. The van der Waals surface area contributed by atoms with Crippen molar-refractivity contribution in [3.63, 3.8) is 0 Å². The molecule has 1 aromatic heterocycles. The molecule has 116 valence electrons. The van der Waals surface area contributed by atoms with Crippen LogP contribution in [0.5, 0.6) is 0 Å². The maximum Gasteiger partial charge on any atom is 0.230 e. The molecule has 0 radical (unpaired) electrons. The summed E-state index contributed by atoms with van der Waals surface area (Å²) in [6.07, 6.45) is 4.28. The normalized spacial score (nSPS) is 10.5. The molecule has 0 atom stereocenters. The molecule has 0 aliphatic heterocycles. The van der Waals surface area contributed by atoms with E-state index in [4.69, 9.17) is 0 Å². The molecule has 0 aliphatic carbocycles. The number of thioether (sulfide) groups is 1. The van der Waals surface area contributed by atoms with Crippen molar-refractivity contribution in [3.8, 4) is 0 Å². The lowest BCUT2D eigenvalue weighted by Gasteiger charge is -2.07. The fourth-order valence-corrected chi connectivity index (χ4v) is 3.57. The number of carbonyl (C=O) groups is 1. The SMILES string of the molecule is CCCNC(=O)CSc1nccnc1Sc1cccc(C)c1. The van der Waals surface area contributed by atoms with Crippen LogP contribution in [-0.4, -0.2) is 28.2 Å². The second kappa shape index (κ2) is 8.80. The Bertz CT molecular complexity index is 634. The Hall–Kier alpha value is -1.53. The molecule has 0 saturated carbocycles. The first-order valence-corrected chi connectivity index (χ1v) is 8.94. The molecule has 0 fully saturated rings. The Morgan fingerprint density at radius 3 is 2.73 bits per heavy atom. The van der Waals surface area contributed by atoms with Gasteiger partial charge in [-0.25, -0.2) is 9.97 Å². The molecule has 0 spiro atoms. The average Bonchev–Trinajstić information content (AvgIpc) is 2.52. The quantitative estimate of drug-likeness (QED) is 0.785. The number of nitrogens with zero attached hydrogens (tertiary/aromatic N) is 2. The van der Waals surface area contributed by atoms with Crippen LogP contribution in [0.15, 0.2) is 51.6 Å². The summed E-state index contributed by atoms with van der Waals surface area (Å²) < 4.78 is 0. The highest BCUT2D eigenvalue weighted by Gasteiger charge is 2.10. The summed E-state index contributed by atoms with van der Waals surface area (Å²) in [6, 6.07) is 8.25. The van der Waals surface area contributed by atoms with Crippen LogP contribution in [0.4, 0.5) is 0 Å². The topological polar surface area (TPSA) is 54.9 Å². The van der Waals surface area contributed by atoms with Gasteiger partial charge in [-0.05, 0) is 25.5 Å². The summed E-state index contributed by atoms with van der Waals surface area (Å²) in [7, 11) is 0. The molecule has 22 heavy (non-hydrogen) atoms. The van der Waals surface area contributed by atoms with Gasteiger partial charge in [0.15, 0.2) is 0 Å². The molecule has 0 unspecified atom stereocenters. The number of carbonyl (C=O) groups excluding carboxylic acids is 1. The Labute approximate surface area is 139 Å². The monoisotopic (exact) mass is 333 g/mol. The third-order valence-corrected chi connectivity index (χ3v) is 4.84. The van der Waals surface area contributed by atoms with Gasteiger partial charge in [-0.3, -0.25) is 4.79 Å². The number of benzene rings is 1. The first kappa shape index (κ1) is 16.8. The van der Waals surface area contributed by atoms with Gasteiger partial charge in [0.1, 0.15) is 10.1 Å². The number of hydrogen-bond acceptors (Lipinski definition) is 5. The van der Waals surface area contributed by atoms with E-state index in [1.54, 1.807) is 24.2 Å². The third-order valence-electron chi connectivity index (χ3n) is 2.75. The van der Waals surface area contributed by atoms with Gasteiger partial charge in [0.05, 0.1) is 5.75 Å². The molecule has 1 N–H and O–H groups in total. The number of aromatic nitrogens is 2. The van der Waals surface area contributed by atoms with Crippen LogP contribution in [0.25, 0.3) is 0 Å². The smallest absolute Gasteiger partial charge is 0.230 e. The zero-order chi connectivity index (χ0) is 15.8. The lowest BCUT2D eigenvalue weighted by Crippen LogP contribution is -2.25. The average molecular weight is 333 g/mol. The highest BCUT2D eigenvalue weighted by atomic mass is 32.2. The van der Waals surface area contributed by atoms with E-state index < -0.39 is 0 Å². The third kappa shape index (κ3) is 5.35. The van der Waals surface area contributed by atoms with Crippen molar-refractivity contribution in [1.29, 1.82) is 0 Å². The first-order valence-electron chi connectivity index (χ1n) is 7.14. The van der Waals surface area contributed by atoms with E-state index in [2.05, 4.69) is 40.4 Å². The zero-order valence-corrected chi connectivity index (χ0v) is 14.3. The van der Waals surface area contributed by atoms with Crippen LogP contribution in [0.2, 0.25) is 0 Å². The van der Waals surface area contributed by atoms with Gasteiger partial charge in [0.25, 0.3) is 0 Å². The standard InChI is InChI=1S/C16H19N3OS2/c1-3-7-17-14(20)11-21-15-16(19-9-8-18-15)22-13-6-4-5-12(2)10-13/h4-6,8-10H,3,7,11H2,1-2H3,(H,17,20). The van der Waals surface area contributed by atoms with Gasteiger partial charge in [0, 0.05) is 23.8 Å². The van der Waals surface area contributed by atoms with E-state index in [0.717, 1.165) is 21.4 Å². The Morgan fingerprint density at radius 2 is 2.00 bits per heavy atom. The summed E-state index contributed by atoms with van der Waals surface area (Å²) in [6.45, 7) is 4.81. The molecule has 2 rings (SSSR count). The van der Waals surface area contributed by atoms with E-state index in [1.807, 2.05) is 13.0 Å². The molecule has 1 heterocycles. The molecule has 0 bridgehead atoms. The lowest BCUT2D eigenvalue weighted by molar-refractivity contribution is -0.118. The summed E-state index contributed by atoms with van der Waals surface area (Å²) in [4.78, 5) is 21.6. The van der Waals surface area contributed by atoms with Crippen LogP contribution < -0.4 is 5.32 Å². The van der Waals surface area contributed by atoms with E-state index in [1.165, 1.54) is 17.3 Å². The second-order valence-electron chi connectivity index (χ2n) is 4.72. The lowest BCUT2D eigenvalue weighted by atomic mass is 10.2. The van der Waals surface area contributed by atoms with Gasteiger partial charge >= 0.3 is 0 Å². The van der Waals surface area contributed by atoms with Crippen molar-refractivity contribution >= 4 is 29.4 Å². The van der Waals surface area contributed by atoms with Crippen LogP contribution in [0.3, 0.4) is 0 Å². The predicted molar refractivity (Wildman–Crippen MR) is 91.4 cm³/mol. The van der Waals surface area contributed by atoms with E-state index in [9.17, 15) is 4.79 Å². The van der Waals surface area contributed by atoms with Crippen molar-refractivity contribution in [2.75, 3.05) is 12.3 Å². The minimum absolute atomic E-state index is 0.0315. The number of hydrogen-bond donors (Lipinski definition) is 1. The van der Waals surface area contributed by atoms with Crippen molar-refractivity contribution in [2.45, 2.75) is 35.2 Å². The van der Waals surface area contributed by atoms with E-state index >= 15 is 0 Å². The molecule has 6 heteroatoms. The van der Waals surface area contributed by atoms with Crippen LogP contribution >= 0.6 is 23.5 Å². The van der Waals surface area contributed by atoms with Gasteiger partial charge in [-0.1, -0.05) is 48.1 Å². The number of aryl methyl sites for hydroxylation is 1. The molecule has 1 amide bonds. The second-order valence-corrected chi connectivity index (χ2v) is 6.75. The first-order chi connectivity index (χ1) is 10.7. The zero-order valence-electron chi connectivity index (χ0n) is 12.7. The summed E-state index contributed by atoms with van der Waals surface area (Å²) >= 11 is 2.99. The van der Waals surface area contributed by atoms with Gasteiger partial charge in [-0.2, -0.15) is 0 Å². The highest BCUT2D eigenvalue weighted by molar-refractivity contribution is 8.02. The predicted octanol–water partition coefficient (Wildman–Crippen LogP) is 3.55. The van der Waals surface area contributed by atoms with E-state index in [0.29, 0.717) is 12.3 Å². The largest absolute Gasteiger partial charge is 0.355 e. The van der Waals surface area contributed by atoms with Crippen molar-refractivity contribution in [1.82, 2.24) is 15.3 Å². The fourth-order valence-electron chi connectivity index (χ4n) is 1.72. The van der Waals surface area contributed by atoms with Crippen LogP contribution in [0.1, 0.15) is 18.9 Å². The Morgan fingerprint density at radius 1 is 1.23 bits per heavy atom. The number of rotatable bonds is 7. The maximum absolute atomic E-state index is 11.7. The van der Waals surface area contributed by atoms with Gasteiger partial charge in [0.2, 0.25) is 5.91 Å². The number of amides is 1. The molecule has 4 nitrogen and oxygen atoms in total.